The van der Waals surface area contributed by atoms with Gasteiger partial charge in [-0.2, -0.15) is 5.10 Å². The predicted octanol–water partition coefficient (Wildman–Crippen LogP) is 3.83. The molecule has 3 aromatic carbocycles. The van der Waals surface area contributed by atoms with Gasteiger partial charge in [-0.25, -0.2) is 13.8 Å². The summed E-state index contributed by atoms with van der Waals surface area (Å²) in [6.07, 6.45) is 1.44. The summed E-state index contributed by atoms with van der Waals surface area (Å²) in [6, 6.07) is 18.0. The van der Waals surface area contributed by atoms with E-state index in [1.165, 1.54) is 37.4 Å². The molecule has 0 saturated heterocycles. The van der Waals surface area contributed by atoms with Crippen LogP contribution in [0.3, 0.4) is 0 Å². The topological polar surface area (TPSA) is 117 Å². The summed E-state index contributed by atoms with van der Waals surface area (Å²) in [5.74, 6) is -0.721. The zero-order chi connectivity index (χ0) is 24.0. The SMILES string of the molecule is CC(=O)Nc1ccc(/C=N/NC(=O)c2cccc(S(=O)(=O)Nc3ccc(C)cc3C)c2)cc1. The second-order valence-corrected chi connectivity index (χ2v) is 9.14. The molecule has 3 aromatic rings. The average Bonchev–Trinajstić information content (AvgIpc) is 2.76. The largest absolute Gasteiger partial charge is 0.326 e. The van der Waals surface area contributed by atoms with Crippen molar-refractivity contribution in [1.29, 1.82) is 0 Å². The molecule has 0 aromatic heterocycles. The third-order valence-corrected chi connectivity index (χ3v) is 6.01. The average molecular weight is 465 g/mol. The van der Waals surface area contributed by atoms with E-state index in [0.717, 1.165) is 11.1 Å². The quantitative estimate of drug-likeness (QED) is 0.364. The molecule has 0 radical (unpaired) electrons. The zero-order valence-electron chi connectivity index (χ0n) is 18.4. The van der Waals surface area contributed by atoms with E-state index in [9.17, 15) is 18.0 Å². The Kier molecular flexibility index (Phi) is 7.24. The summed E-state index contributed by atoms with van der Waals surface area (Å²) < 4.78 is 28.2. The van der Waals surface area contributed by atoms with Gasteiger partial charge in [0.1, 0.15) is 0 Å². The molecule has 3 N–H and O–H groups in total. The number of aryl methyl sites for hydroxylation is 2. The molecule has 0 fully saturated rings. The number of carbonyl (C=O) groups excluding carboxylic acids is 2. The summed E-state index contributed by atoms with van der Waals surface area (Å²) in [4.78, 5) is 23.5. The first-order chi connectivity index (χ1) is 15.6. The third-order valence-electron chi connectivity index (χ3n) is 4.64. The van der Waals surface area contributed by atoms with Crippen LogP contribution in [0.1, 0.15) is 34.0 Å². The number of amides is 2. The molecular weight excluding hydrogens is 440 g/mol. The number of anilines is 2. The minimum Gasteiger partial charge on any atom is -0.326 e. The van der Waals surface area contributed by atoms with E-state index < -0.39 is 15.9 Å². The number of benzene rings is 3. The molecule has 0 atom stereocenters. The number of nitrogens with one attached hydrogen (secondary N) is 3. The lowest BCUT2D eigenvalue weighted by atomic mass is 10.1. The first-order valence-corrected chi connectivity index (χ1v) is 11.5. The van der Waals surface area contributed by atoms with E-state index in [2.05, 4.69) is 20.6 Å². The monoisotopic (exact) mass is 464 g/mol. The van der Waals surface area contributed by atoms with Gasteiger partial charge in [0.25, 0.3) is 15.9 Å². The van der Waals surface area contributed by atoms with Crippen molar-refractivity contribution in [3.05, 3.63) is 89.0 Å². The number of rotatable bonds is 7. The van der Waals surface area contributed by atoms with Gasteiger partial charge in [-0.15, -0.1) is 0 Å². The van der Waals surface area contributed by atoms with E-state index in [0.29, 0.717) is 16.9 Å². The van der Waals surface area contributed by atoms with Crippen molar-refractivity contribution in [2.45, 2.75) is 25.7 Å². The maximum Gasteiger partial charge on any atom is 0.271 e. The van der Waals surface area contributed by atoms with E-state index in [1.807, 2.05) is 26.0 Å². The molecule has 0 aliphatic carbocycles. The lowest BCUT2D eigenvalue weighted by molar-refractivity contribution is -0.114. The third kappa shape index (κ3) is 6.50. The highest BCUT2D eigenvalue weighted by atomic mass is 32.2. The van der Waals surface area contributed by atoms with Gasteiger partial charge in [0.05, 0.1) is 16.8 Å². The molecule has 0 unspecified atom stereocenters. The zero-order valence-corrected chi connectivity index (χ0v) is 19.2. The Morgan fingerprint density at radius 1 is 0.939 bits per heavy atom. The van der Waals surface area contributed by atoms with Crippen molar-refractivity contribution < 1.29 is 18.0 Å². The first kappa shape index (κ1) is 23.7. The molecule has 0 aliphatic rings. The van der Waals surface area contributed by atoms with Gasteiger partial charge in [0.2, 0.25) is 5.91 Å². The first-order valence-electron chi connectivity index (χ1n) is 10.1. The summed E-state index contributed by atoms with van der Waals surface area (Å²) in [5.41, 5.74) is 6.19. The fourth-order valence-corrected chi connectivity index (χ4v) is 4.20. The number of nitrogens with zero attached hydrogens (tertiary/aromatic N) is 1. The molecule has 9 heteroatoms. The Morgan fingerprint density at radius 2 is 1.67 bits per heavy atom. The van der Waals surface area contributed by atoms with Crippen LogP contribution in [0.4, 0.5) is 11.4 Å². The van der Waals surface area contributed by atoms with Gasteiger partial charge < -0.3 is 5.32 Å². The number of carbonyl (C=O) groups is 2. The van der Waals surface area contributed by atoms with Crippen LogP contribution >= 0.6 is 0 Å². The predicted molar refractivity (Wildman–Crippen MR) is 129 cm³/mol. The van der Waals surface area contributed by atoms with Gasteiger partial charge >= 0.3 is 0 Å². The Labute approximate surface area is 192 Å². The molecule has 3 rings (SSSR count). The van der Waals surface area contributed by atoms with Crippen LogP contribution in [-0.4, -0.2) is 26.4 Å². The molecule has 0 spiro atoms. The molecule has 8 nitrogen and oxygen atoms in total. The van der Waals surface area contributed by atoms with E-state index in [1.54, 1.807) is 30.3 Å². The van der Waals surface area contributed by atoms with Crippen LogP contribution in [0, 0.1) is 13.8 Å². The number of hydrazone groups is 1. The fraction of sp³-hybridized carbons (Fsp3) is 0.125. The number of sulfonamides is 1. The van der Waals surface area contributed by atoms with Crippen molar-refractivity contribution >= 4 is 39.4 Å². The van der Waals surface area contributed by atoms with Crippen molar-refractivity contribution in [3.63, 3.8) is 0 Å². The molecule has 2 amide bonds. The number of hydrogen-bond donors (Lipinski definition) is 3. The van der Waals surface area contributed by atoms with Crippen LogP contribution in [0.15, 0.2) is 76.7 Å². The molecule has 170 valence electrons. The Bertz CT molecular complexity index is 1320. The van der Waals surface area contributed by atoms with E-state index >= 15 is 0 Å². The maximum absolute atomic E-state index is 12.8. The summed E-state index contributed by atoms with van der Waals surface area (Å²) >= 11 is 0. The lowest BCUT2D eigenvalue weighted by Crippen LogP contribution is -2.19. The maximum atomic E-state index is 12.8. The van der Waals surface area contributed by atoms with Crippen LogP contribution in [-0.2, 0) is 14.8 Å². The van der Waals surface area contributed by atoms with Crippen molar-refractivity contribution in [3.8, 4) is 0 Å². The molecule has 0 heterocycles. The van der Waals surface area contributed by atoms with Crippen molar-refractivity contribution in [2.75, 3.05) is 10.0 Å². The van der Waals surface area contributed by atoms with Gasteiger partial charge in [-0.1, -0.05) is 35.9 Å². The molecule has 0 bridgehead atoms. The Balaban J connectivity index is 1.68. The Morgan fingerprint density at radius 3 is 2.33 bits per heavy atom. The summed E-state index contributed by atoms with van der Waals surface area (Å²) in [5, 5.41) is 6.57. The number of hydrogen-bond acceptors (Lipinski definition) is 5. The van der Waals surface area contributed by atoms with E-state index in [-0.39, 0.29) is 16.4 Å². The minimum atomic E-state index is -3.88. The molecule has 0 aliphatic heterocycles. The van der Waals surface area contributed by atoms with E-state index in [4.69, 9.17) is 0 Å². The second kappa shape index (κ2) is 10.1. The molecular formula is C24H24N4O4S. The summed E-state index contributed by atoms with van der Waals surface area (Å²) in [7, 11) is -3.88. The standard InChI is InChI=1S/C24H24N4O4S/c1-16-7-12-23(17(2)13-16)28-33(31,32)22-6-4-5-20(14-22)24(30)27-25-15-19-8-10-21(11-9-19)26-18(3)29/h4-15,28H,1-3H3,(H,26,29)(H,27,30)/b25-15+. The van der Waals surface area contributed by atoms with Gasteiger partial charge in [0.15, 0.2) is 0 Å². The smallest absolute Gasteiger partial charge is 0.271 e. The van der Waals surface area contributed by atoms with Gasteiger partial charge in [0, 0.05) is 18.2 Å². The highest BCUT2D eigenvalue weighted by Gasteiger charge is 2.17. The van der Waals surface area contributed by atoms with Crippen molar-refractivity contribution in [2.24, 2.45) is 5.10 Å². The van der Waals surface area contributed by atoms with Crippen molar-refractivity contribution in [1.82, 2.24) is 5.43 Å². The lowest BCUT2D eigenvalue weighted by Gasteiger charge is -2.12. The molecule has 33 heavy (non-hydrogen) atoms. The fourth-order valence-electron chi connectivity index (χ4n) is 3.02. The van der Waals surface area contributed by atoms with Crippen LogP contribution in [0.2, 0.25) is 0 Å². The highest BCUT2D eigenvalue weighted by Crippen LogP contribution is 2.21. The van der Waals surface area contributed by atoms with Crippen LogP contribution < -0.4 is 15.5 Å². The van der Waals surface area contributed by atoms with Crippen LogP contribution in [0.25, 0.3) is 0 Å². The second-order valence-electron chi connectivity index (χ2n) is 7.45. The van der Waals surface area contributed by atoms with Gasteiger partial charge in [-0.3, -0.25) is 14.3 Å². The van der Waals surface area contributed by atoms with Gasteiger partial charge in [-0.05, 0) is 61.4 Å². The molecule has 0 saturated carbocycles. The summed E-state index contributed by atoms with van der Waals surface area (Å²) in [6.45, 7) is 5.17. The minimum absolute atomic E-state index is 0.0346. The highest BCUT2D eigenvalue weighted by molar-refractivity contribution is 7.92. The van der Waals surface area contributed by atoms with Crippen LogP contribution in [0.5, 0.6) is 0 Å². The Hall–Kier alpha value is -3.98. The normalized spacial score (nSPS) is 11.2.